The van der Waals surface area contributed by atoms with Gasteiger partial charge in [0.05, 0.1) is 7.11 Å². The van der Waals surface area contributed by atoms with Crippen molar-refractivity contribution in [3.63, 3.8) is 0 Å². The van der Waals surface area contributed by atoms with Crippen LogP contribution in [0.15, 0.2) is 24.3 Å². The maximum Gasteiger partial charge on any atom is 0.220 e. The molecule has 0 spiro atoms. The molecule has 0 aliphatic carbocycles. The Morgan fingerprint density at radius 1 is 1.30 bits per heavy atom. The molecule has 2 rings (SSSR count). The molecule has 0 aromatic heterocycles. The van der Waals surface area contributed by atoms with Crippen molar-refractivity contribution in [2.24, 2.45) is 11.8 Å². The summed E-state index contributed by atoms with van der Waals surface area (Å²) in [6, 6.07) is 8.00. The van der Waals surface area contributed by atoms with Gasteiger partial charge in [0.1, 0.15) is 5.75 Å². The fourth-order valence-electron chi connectivity index (χ4n) is 3.08. The average Bonchev–Trinajstić information content (AvgIpc) is 2.56. The van der Waals surface area contributed by atoms with Crippen LogP contribution < -0.4 is 15.4 Å². The normalized spacial score (nSPS) is 16.3. The Bertz CT molecular complexity index is 459. The molecule has 1 saturated heterocycles. The fraction of sp³-hybridized carbons (Fsp3) is 0.611. The van der Waals surface area contributed by atoms with Gasteiger partial charge in [-0.3, -0.25) is 4.79 Å². The number of carbonyl (C=O) groups is 1. The molecule has 5 heteroatoms. The molecule has 1 heterocycles. The molecule has 1 amide bonds. The highest BCUT2D eigenvalue weighted by Gasteiger charge is 2.21. The molecular formula is C18H29ClN2O2. The highest BCUT2D eigenvalue weighted by atomic mass is 35.5. The summed E-state index contributed by atoms with van der Waals surface area (Å²) in [6.07, 6.45) is 3.89. The zero-order valence-electron chi connectivity index (χ0n) is 14.1. The topological polar surface area (TPSA) is 50.4 Å². The molecule has 0 saturated carbocycles. The number of ether oxygens (including phenoxy) is 1. The third-order valence-electron chi connectivity index (χ3n) is 4.59. The summed E-state index contributed by atoms with van der Waals surface area (Å²) in [5, 5.41) is 6.42. The Hall–Kier alpha value is -1.26. The van der Waals surface area contributed by atoms with Crippen LogP contribution >= 0.6 is 12.4 Å². The van der Waals surface area contributed by atoms with Crippen LogP contribution in [0.2, 0.25) is 0 Å². The molecule has 0 radical (unpaired) electrons. The van der Waals surface area contributed by atoms with Crippen molar-refractivity contribution in [2.45, 2.75) is 32.6 Å². The predicted molar refractivity (Wildman–Crippen MR) is 96.3 cm³/mol. The predicted octanol–water partition coefficient (Wildman–Crippen LogP) is 2.80. The minimum Gasteiger partial charge on any atom is -0.497 e. The van der Waals surface area contributed by atoms with Gasteiger partial charge in [0.25, 0.3) is 0 Å². The number of hydrogen-bond donors (Lipinski definition) is 2. The summed E-state index contributed by atoms with van der Waals surface area (Å²) >= 11 is 0. The highest BCUT2D eigenvalue weighted by molar-refractivity contribution is 5.85. The lowest BCUT2D eigenvalue weighted by molar-refractivity contribution is -0.122. The van der Waals surface area contributed by atoms with Gasteiger partial charge in [0.2, 0.25) is 5.91 Å². The number of amides is 1. The summed E-state index contributed by atoms with van der Waals surface area (Å²) in [6.45, 7) is 5.09. The van der Waals surface area contributed by atoms with Crippen LogP contribution in [0.3, 0.4) is 0 Å². The van der Waals surface area contributed by atoms with Crippen molar-refractivity contribution < 1.29 is 9.53 Å². The van der Waals surface area contributed by atoms with E-state index in [1.165, 1.54) is 18.4 Å². The Kier molecular flexibility index (Phi) is 9.03. The van der Waals surface area contributed by atoms with Gasteiger partial charge in [0.15, 0.2) is 0 Å². The van der Waals surface area contributed by atoms with Crippen molar-refractivity contribution in [1.82, 2.24) is 10.6 Å². The molecule has 4 nitrogen and oxygen atoms in total. The lowest BCUT2D eigenvalue weighted by Gasteiger charge is -2.27. The van der Waals surface area contributed by atoms with E-state index in [0.29, 0.717) is 24.8 Å². The summed E-state index contributed by atoms with van der Waals surface area (Å²) in [4.78, 5) is 12.0. The Labute approximate surface area is 145 Å². The zero-order valence-corrected chi connectivity index (χ0v) is 15.0. The van der Waals surface area contributed by atoms with Crippen LogP contribution in [0.1, 0.15) is 31.7 Å². The molecule has 23 heavy (non-hydrogen) atoms. The molecule has 1 atom stereocenters. The Morgan fingerprint density at radius 3 is 2.57 bits per heavy atom. The fourth-order valence-corrected chi connectivity index (χ4v) is 3.08. The van der Waals surface area contributed by atoms with Gasteiger partial charge in [-0.1, -0.05) is 19.1 Å². The maximum absolute atomic E-state index is 12.0. The van der Waals surface area contributed by atoms with Crippen LogP contribution in [0.5, 0.6) is 5.75 Å². The first-order chi connectivity index (χ1) is 10.7. The number of hydrogen-bond acceptors (Lipinski definition) is 3. The third-order valence-corrected chi connectivity index (χ3v) is 4.59. The van der Waals surface area contributed by atoms with Crippen molar-refractivity contribution in [2.75, 3.05) is 26.7 Å². The molecule has 0 bridgehead atoms. The van der Waals surface area contributed by atoms with Crippen LogP contribution in [0.4, 0.5) is 0 Å². The number of carbonyl (C=O) groups excluding carboxylic acids is 1. The van der Waals surface area contributed by atoms with Gasteiger partial charge in [0, 0.05) is 13.0 Å². The molecular weight excluding hydrogens is 312 g/mol. The van der Waals surface area contributed by atoms with E-state index in [1.807, 2.05) is 24.3 Å². The maximum atomic E-state index is 12.0. The minimum atomic E-state index is 0. The van der Waals surface area contributed by atoms with Crippen LogP contribution in [-0.4, -0.2) is 32.7 Å². The van der Waals surface area contributed by atoms with Gasteiger partial charge in [-0.15, -0.1) is 12.4 Å². The number of rotatable bonds is 7. The van der Waals surface area contributed by atoms with E-state index in [2.05, 4.69) is 17.6 Å². The number of benzene rings is 1. The molecule has 1 aromatic carbocycles. The number of halogens is 1. The number of nitrogens with one attached hydrogen (secondary N) is 2. The molecule has 1 aliphatic rings. The summed E-state index contributed by atoms with van der Waals surface area (Å²) in [5.74, 6) is 2.21. The van der Waals surface area contributed by atoms with Gasteiger partial charge >= 0.3 is 0 Å². The van der Waals surface area contributed by atoms with E-state index in [-0.39, 0.29) is 18.3 Å². The first-order valence-electron chi connectivity index (χ1n) is 8.29. The highest BCUT2D eigenvalue weighted by Crippen LogP contribution is 2.24. The molecule has 1 aromatic rings. The standard InChI is InChI=1S/C18H28N2O2.ClH/c1-14(16-8-10-19-11-9-16)13-18(21)20-12-7-15-3-5-17(22-2)6-4-15;/h3-6,14,16,19H,7-13H2,1-2H3,(H,20,21);1H. The van der Waals surface area contributed by atoms with E-state index in [0.717, 1.165) is 25.3 Å². The lowest BCUT2D eigenvalue weighted by atomic mass is 9.84. The molecule has 2 N–H and O–H groups in total. The van der Waals surface area contributed by atoms with Gasteiger partial charge < -0.3 is 15.4 Å². The average molecular weight is 341 g/mol. The van der Waals surface area contributed by atoms with Gasteiger partial charge in [-0.05, 0) is 61.9 Å². The second-order valence-corrected chi connectivity index (χ2v) is 6.22. The summed E-state index contributed by atoms with van der Waals surface area (Å²) < 4.78 is 5.14. The van der Waals surface area contributed by atoms with Crippen LogP contribution in [0, 0.1) is 11.8 Å². The largest absolute Gasteiger partial charge is 0.497 e. The Morgan fingerprint density at radius 2 is 1.96 bits per heavy atom. The van der Waals surface area contributed by atoms with Crippen LogP contribution in [0.25, 0.3) is 0 Å². The van der Waals surface area contributed by atoms with E-state index in [9.17, 15) is 4.79 Å². The van der Waals surface area contributed by atoms with Crippen LogP contribution in [-0.2, 0) is 11.2 Å². The lowest BCUT2D eigenvalue weighted by Crippen LogP contribution is -2.34. The molecule has 1 fully saturated rings. The third kappa shape index (κ3) is 6.80. The van der Waals surface area contributed by atoms with Crippen molar-refractivity contribution in [1.29, 1.82) is 0 Å². The monoisotopic (exact) mass is 340 g/mol. The van der Waals surface area contributed by atoms with Crippen molar-refractivity contribution in [3.8, 4) is 5.75 Å². The first kappa shape index (κ1) is 19.8. The summed E-state index contributed by atoms with van der Waals surface area (Å²) in [5.41, 5.74) is 1.22. The van der Waals surface area contributed by atoms with Gasteiger partial charge in [-0.2, -0.15) is 0 Å². The number of piperidine rings is 1. The molecule has 130 valence electrons. The first-order valence-corrected chi connectivity index (χ1v) is 8.29. The Balaban J connectivity index is 0.00000264. The number of methoxy groups -OCH3 is 1. The minimum absolute atomic E-state index is 0. The molecule has 1 unspecified atom stereocenters. The summed E-state index contributed by atoms with van der Waals surface area (Å²) in [7, 11) is 1.67. The second kappa shape index (κ2) is 10.5. The van der Waals surface area contributed by atoms with E-state index in [4.69, 9.17) is 4.74 Å². The smallest absolute Gasteiger partial charge is 0.220 e. The van der Waals surface area contributed by atoms with Gasteiger partial charge in [-0.25, -0.2) is 0 Å². The van der Waals surface area contributed by atoms with Crippen molar-refractivity contribution >= 4 is 18.3 Å². The second-order valence-electron chi connectivity index (χ2n) is 6.22. The van der Waals surface area contributed by atoms with Crippen molar-refractivity contribution in [3.05, 3.63) is 29.8 Å². The van der Waals surface area contributed by atoms with E-state index >= 15 is 0 Å². The van der Waals surface area contributed by atoms with E-state index in [1.54, 1.807) is 7.11 Å². The SMILES string of the molecule is COc1ccc(CCNC(=O)CC(C)C2CCNCC2)cc1.Cl. The van der Waals surface area contributed by atoms with E-state index < -0.39 is 0 Å². The molecule has 1 aliphatic heterocycles. The zero-order chi connectivity index (χ0) is 15.8. The quantitative estimate of drug-likeness (QED) is 0.802.